The van der Waals surface area contributed by atoms with E-state index in [1.807, 2.05) is 0 Å². The van der Waals surface area contributed by atoms with Crippen LogP contribution < -0.4 is 4.72 Å². The molecule has 0 atom stereocenters. The number of hydrogen-bond donors (Lipinski definition) is 2. The fourth-order valence-corrected chi connectivity index (χ4v) is 4.58. The maximum absolute atomic E-state index is 12.4. The monoisotopic (exact) mass is 320 g/mol. The van der Waals surface area contributed by atoms with Gasteiger partial charge in [0.05, 0.1) is 13.2 Å². The Bertz CT molecular complexity index is 465. The van der Waals surface area contributed by atoms with Crippen molar-refractivity contribution in [2.45, 2.75) is 44.6 Å². The topological polar surface area (TPSA) is 95.9 Å². The van der Waals surface area contributed by atoms with E-state index in [9.17, 15) is 18.3 Å². The summed E-state index contributed by atoms with van der Waals surface area (Å²) in [5, 5.41) is 9.54. The van der Waals surface area contributed by atoms with Crippen LogP contribution in [0.25, 0.3) is 0 Å². The molecule has 2 fully saturated rings. The van der Waals surface area contributed by atoms with Crippen LogP contribution in [-0.2, 0) is 19.7 Å². The lowest BCUT2D eigenvalue weighted by molar-refractivity contribution is -0.145. The molecule has 1 heterocycles. The van der Waals surface area contributed by atoms with Crippen molar-refractivity contribution < 1.29 is 23.1 Å². The molecule has 0 aromatic heterocycles. The van der Waals surface area contributed by atoms with E-state index in [2.05, 4.69) is 11.6 Å². The van der Waals surface area contributed by atoms with Gasteiger partial charge in [-0.25, -0.2) is 0 Å². The van der Waals surface area contributed by atoms with Crippen molar-refractivity contribution in [2.75, 3.05) is 26.3 Å². The molecule has 0 bridgehead atoms. The van der Waals surface area contributed by atoms with Gasteiger partial charge < -0.3 is 9.84 Å². The standard InChI is InChI=1S/C13H24N2O5S/c1-2-11-3-5-13(6-4-11,12(16)17)14-21(18,19)15-7-9-20-10-8-15/h11,14H,2-10H2,1H3,(H,16,17). The van der Waals surface area contributed by atoms with Gasteiger partial charge in [-0.2, -0.15) is 17.4 Å². The van der Waals surface area contributed by atoms with E-state index in [0.717, 1.165) is 19.3 Å². The molecule has 2 N–H and O–H groups in total. The minimum Gasteiger partial charge on any atom is -0.480 e. The molecule has 1 aliphatic carbocycles. The third kappa shape index (κ3) is 3.74. The number of ether oxygens (including phenoxy) is 1. The molecule has 0 amide bonds. The summed E-state index contributed by atoms with van der Waals surface area (Å²) in [5.74, 6) is -0.584. The minimum absolute atomic E-state index is 0.266. The summed E-state index contributed by atoms with van der Waals surface area (Å²) >= 11 is 0. The molecule has 0 radical (unpaired) electrons. The van der Waals surface area contributed by atoms with Crippen LogP contribution in [0.2, 0.25) is 0 Å². The number of nitrogens with zero attached hydrogens (tertiary/aromatic N) is 1. The maximum Gasteiger partial charge on any atom is 0.324 e. The minimum atomic E-state index is -3.79. The summed E-state index contributed by atoms with van der Waals surface area (Å²) < 4.78 is 33.7. The Hall–Kier alpha value is -0.700. The summed E-state index contributed by atoms with van der Waals surface area (Å²) in [6.45, 7) is 3.30. The molecular weight excluding hydrogens is 296 g/mol. The van der Waals surface area contributed by atoms with Crippen LogP contribution in [0, 0.1) is 5.92 Å². The first kappa shape index (κ1) is 16.7. The Morgan fingerprint density at radius 1 is 1.33 bits per heavy atom. The van der Waals surface area contributed by atoms with Crippen LogP contribution in [0.1, 0.15) is 39.0 Å². The second-order valence-electron chi connectivity index (χ2n) is 5.86. The largest absolute Gasteiger partial charge is 0.480 e. The highest BCUT2D eigenvalue weighted by Gasteiger charge is 2.45. The SMILES string of the molecule is CCC1CCC(NS(=O)(=O)N2CCOCC2)(C(=O)O)CC1. The summed E-state index contributed by atoms with van der Waals surface area (Å²) in [4.78, 5) is 11.7. The Kier molecular flexibility index (Phi) is 5.24. The van der Waals surface area contributed by atoms with Gasteiger partial charge in [0.15, 0.2) is 0 Å². The molecule has 21 heavy (non-hydrogen) atoms. The quantitative estimate of drug-likeness (QED) is 0.772. The van der Waals surface area contributed by atoms with Gasteiger partial charge in [0, 0.05) is 13.1 Å². The average molecular weight is 320 g/mol. The molecule has 1 saturated carbocycles. The van der Waals surface area contributed by atoms with Gasteiger partial charge in [0.2, 0.25) is 0 Å². The zero-order valence-electron chi connectivity index (χ0n) is 12.4. The second-order valence-corrected chi connectivity index (χ2v) is 7.53. The van der Waals surface area contributed by atoms with Crippen molar-refractivity contribution in [1.82, 2.24) is 9.03 Å². The second kappa shape index (κ2) is 6.60. The fourth-order valence-electron chi connectivity index (χ4n) is 3.04. The lowest BCUT2D eigenvalue weighted by Gasteiger charge is -2.38. The number of morpholine rings is 1. The molecule has 0 unspecified atom stereocenters. The van der Waals surface area contributed by atoms with Crippen LogP contribution >= 0.6 is 0 Å². The highest BCUT2D eigenvalue weighted by molar-refractivity contribution is 7.87. The van der Waals surface area contributed by atoms with Gasteiger partial charge in [-0.1, -0.05) is 13.3 Å². The zero-order chi connectivity index (χ0) is 15.5. The van der Waals surface area contributed by atoms with Crippen molar-refractivity contribution in [3.63, 3.8) is 0 Å². The molecule has 0 aromatic carbocycles. The normalized spacial score (nSPS) is 32.0. The number of rotatable bonds is 5. The third-order valence-electron chi connectivity index (χ3n) is 4.58. The number of aliphatic carboxylic acids is 1. The first-order valence-electron chi connectivity index (χ1n) is 7.50. The molecule has 1 saturated heterocycles. The number of carbonyl (C=O) groups is 1. The molecule has 1 aliphatic heterocycles. The van der Waals surface area contributed by atoms with Crippen molar-refractivity contribution in [3.8, 4) is 0 Å². The Morgan fingerprint density at radius 2 is 1.90 bits per heavy atom. The predicted molar refractivity (Wildman–Crippen MR) is 77.1 cm³/mol. The Labute approximate surface area is 125 Å². The first-order chi connectivity index (χ1) is 9.89. The number of nitrogens with one attached hydrogen (secondary N) is 1. The number of hydrogen-bond acceptors (Lipinski definition) is 4. The molecule has 2 aliphatic rings. The lowest BCUT2D eigenvalue weighted by Crippen LogP contribution is -2.60. The Balaban J connectivity index is 2.11. The van der Waals surface area contributed by atoms with Crippen LogP contribution in [0.4, 0.5) is 0 Å². The molecule has 7 nitrogen and oxygen atoms in total. The molecule has 122 valence electrons. The van der Waals surface area contributed by atoms with Crippen LogP contribution in [0.15, 0.2) is 0 Å². The summed E-state index contributed by atoms with van der Waals surface area (Å²) in [7, 11) is -3.79. The van der Waals surface area contributed by atoms with Gasteiger partial charge in [0.1, 0.15) is 5.54 Å². The number of carboxylic acids is 1. The van der Waals surface area contributed by atoms with Gasteiger partial charge in [-0.05, 0) is 31.6 Å². The first-order valence-corrected chi connectivity index (χ1v) is 8.94. The van der Waals surface area contributed by atoms with E-state index >= 15 is 0 Å². The van der Waals surface area contributed by atoms with Gasteiger partial charge in [0.25, 0.3) is 10.2 Å². The summed E-state index contributed by atoms with van der Waals surface area (Å²) in [6.07, 6.45) is 3.20. The average Bonchev–Trinajstić information content (AvgIpc) is 2.48. The fraction of sp³-hybridized carbons (Fsp3) is 0.923. The zero-order valence-corrected chi connectivity index (χ0v) is 13.2. The van der Waals surface area contributed by atoms with Crippen molar-refractivity contribution in [2.24, 2.45) is 5.92 Å². The summed E-state index contributed by atoms with van der Waals surface area (Å²) in [5.41, 5.74) is -1.36. The van der Waals surface area contributed by atoms with E-state index in [1.165, 1.54) is 4.31 Å². The lowest BCUT2D eigenvalue weighted by atomic mass is 9.76. The molecule has 0 aromatic rings. The predicted octanol–water partition coefficient (Wildman–Crippen LogP) is 0.577. The van der Waals surface area contributed by atoms with Crippen LogP contribution in [-0.4, -0.2) is 55.6 Å². The van der Waals surface area contributed by atoms with Gasteiger partial charge >= 0.3 is 5.97 Å². The van der Waals surface area contributed by atoms with Crippen molar-refractivity contribution in [1.29, 1.82) is 0 Å². The van der Waals surface area contributed by atoms with Crippen molar-refractivity contribution in [3.05, 3.63) is 0 Å². The van der Waals surface area contributed by atoms with Gasteiger partial charge in [-0.3, -0.25) is 4.79 Å². The van der Waals surface area contributed by atoms with Crippen LogP contribution in [0.3, 0.4) is 0 Å². The highest BCUT2D eigenvalue weighted by Crippen LogP contribution is 2.34. The third-order valence-corrected chi connectivity index (χ3v) is 6.27. The molecule has 2 rings (SSSR count). The number of carboxylic acid groups (broad SMARTS) is 1. The molecule has 0 spiro atoms. The van der Waals surface area contributed by atoms with E-state index in [4.69, 9.17) is 4.74 Å². The smallest absolute Gasteiger partial charge is 0.324 e. The molecular formula is C13H24N2O5S. The van der Waals surface area contributed by atoms with E-state index in [1.54, 1.807) is 0 Å². The molecule has 8 heteroatoms. The van der Waals surface area contributed by atoms with E-state index in [-0.39, 0.29) is 13.1 Å². The van der Waals surface area contributed by atoms with Gasteiger partial charge in [-0.15, -0.1) is 0 Å². The van der Waals surface area contributed by atoms with E-state index < -0.39 is 21.7 Å². The Morgan fingerprint density at radius 3 is 2.38 bits per heavy atom. The summed E-state index contributed by atoms with van der Waals surface area (Å²) in [6, 6.07) is 0. The maximum atomic E-state index is 12.4. The van der Waals surface area contributed by atoms with Crippen LogP contribution in [0.5, 0.6) is 0 Å². The highest BCUT2D eigenvalue weighted by atomic mass is 32.2. The van der Waals surface area contributed by atoms with E-state index in [0.29, 0.717) is 32.0 Å². The van der Waals surface area contributed by atoms with Crippen molar-refractivity contribution >= 4 is 16.2 Å².